The summed E-state index contributed by atoms with van der Waals surface area (Å²) in [5, 5.41) is 54.1. The first-order valence-corrected chi connectivity index (χ1v) is 24.1. The van der Waals surface area contributed by atoms with Crippen LogP contribution in [0.25, 0.3) is 0 Å². The van der Waals surface area contributed by atoms with Gasteiger partial charge in [0, 0.05) is 32.5 Å². The number of nitrogens with zero attached hydrogens (tertiary/aromatic N) is 4. The zero-order valence-electron chi connectivity index (χ0n) is 42.1. The van der Waals surface area contributed by atoms with E-state index in [-0.39, 0.29) is 62.0 Å². The van der Waals surface area contributed by atoms with E-state index in [4.69, 9.17) is 9.47 Å². The van der Waals surface area contributed by atoms with Crippen LogP contribution >= 0.6 is 0 Å². The third-order valence-corrected chi connectivity index (χ3v) is 14.1. The van der Waals surface area contributed by atoms with Crippen molar-refractivity contribution in [1.29, 1.82) is 0 Å². The molecule has 4 heterocycles. The Labute approximate surface area is 404 Å². The molecule has 4 aliphatic rings. The van der Waals surface area contributed by atoms with Gasteiger partial charge in [-0.2, -0.15) is 0 Å². The number of amides is 6. The average molecular weight is 977 g/mol. The van der Waals surface area contributed by atoms with Crippen molar-refractivity contribution in [3.63, 3.8) is 0 Å². The quantitative estimate of drug-likeness (QED) is 0.0625. The number of hydroxylamine groups is 2. The van der Waals surface area contributed by atoms with Crippen molar-refractivity contribution in [2.45, 2.75) is 187 Å². The van der Waals surface area contributed by atoms with Gasteiger partial charge < -0.3 is 40.3 Å². The molecule has 0 aromatic carbocycles. The number of hydrogen-bond donors (Lipinski definition) is 8. The van der Waals surface area contributed by atoms with Crippen LogP contribution in [0.2, 0.25) is 0 Å². The van der Waals surface area contributed by atoms with E-state index >= 15 is 4.79 Å². The monoisotopic (exact) mass is 977 g/mol. The lowest BCUT2D eigenvalue weighted by Gasteiger charge is -2.49. The summed E-state index contributed by atoms with van der Waals surface area (Å²) in [7, 11) is 1.28. The number of nitrogens with one attached hydrogen (secondary N) is 4. The SMILES string of the molecule is C/C=C(\C)C(=O)[C@@H](C)/C=C(\C)[C@H]1O[C@@](O)([C@@](O)(CC)C(=O)N[C@H]2C(=O)N3NCCCC3C(=O)N(O)[C@@H](C)C(=O)N(C)[C@H](C)C(=O)N3NCCCC3C(=O)NC([C@H](C)O)C(=O)O[C@H]2C(C)C)CC[C@@H]1C. The predicted octanol–water partition coefficient (Wildman–Crippen LogP) is 0.125. The molecule has 6 amide bonds. The molecule has 0 aromatic rings. The number of aliphatic hydroxyl groups is 3. The summed E-state index contributed by atoms with van der Waals surface area (Å²) in [4.78, 5) is 114. The Morgan fingerprint density at radius 1 is 0.899 bits per heavy atom. The van der Waals surface area contributed by atoms with E-state index in [2.05, 4.69) is 21.5 Å². The minimum Gasteiger partial charge on any atom is -0.458 e. The molecule has 0 aliphatic carbocycles. The predicted molar refractivity (Wildman–Crippen MR) is 247 cm³/mol. The van der Waals surface area contributed by atoms with Crippen molar-refractivity contribution >= 4 is 47.2 Å². The third kappa shape index (κ3) is 12.0. The highest BCUT2D eigenvalue weighted by molar-refractivity contribution is 5.98. The van der Waals surface area contributed by atoms with E-state index < -0.39 is 126 Å². The number of Topliss-reactive ketones (excluding diaryl/α,β-unsaturated/α-hetero) is 1. The summed E-state index contributed by atoms with van der Waals surface area (Å²) in [6, 6.07) is -9.46. The van der Waals surface area contributed by atoms with Gasteiger partial charge in [0.05, 0.1) is 12.2 Å². The lowest BCUT2D eigenvalue weighted by molar-refractivity contribution is -0.325. The van der Waals surface area contributed by atoms with Crippen LogP contribution in [0.3, 0.4) is 0 Å². The molecule has 0 aromatic heterocycles. The van der Waals surface area contributed by atoms with Gasteiger partial charge in [-0.15, -0.1) is 0 Å². The van der Waals surface area contributed by atoms with Crippen LogP contribution < -0.4 is 21.5 Å². The molecule has 13 atom stereocenters. The molecule has 388 valence electrons. The number of carbonyl (C=O) groups is 8. The van der Waals surface area contributed by atoms with E-state index in [1.54, 1.807) is 39.8 Å². The fraction of sp³-hybridized carbons (Fsp3) is 0.745. The van der Waals surface area contributed by atoms with Gasteiger partial charge in [0.25, 0.3) is 23.6 Å². The maximum absolute atomic E-state index is 15.2. The summed E-state index contributed by atoms with van der Waals surface area (Å²) in [6.45, 7) is 17.4. The maximum atomic E-state index is 15.2. The van der Waals surface area contributed by atoms with Gasteiger partial charge in [-0.1, -0.05) is 46.8 Å². The second kappa shape index (κ2) is 23.4. The van der Waals surface area contributed by atoms with Crippen LogP contribution in [0.15, 0.2) is 23.3 Å². The highest BCUT2D eigenvalue weighted by atomic mass is 16.7. The summed E-state index contributed by atoms with van der Waals surface area (Å²) in [6.07, 6.45) is -0.537. The second-order valence-corrected chi connectivity index (χ2v) is 19.4. The summed E-state index contributed by atoms with van der Waals surface area (Å²) in [5.74, 6) is -11.7. The van der Waals surface area contributed by atoms with Crippen molar-refractivity contribution in [1.82, 2.24) is 41.5 Å². The highest BCUT2D eigenvalue weighted by Crippen LogP contribution is 2.42. The van der Waals surface area contributed by atoms with Crippen molar-refractivity contribution in [2.75, 3.05) is 20.1 Å². The molecule has 4 rings (SSSR count). The van der Waals surface area contributed by atoms with Crippen LogP contribution in [-0.2, 0) is 47.8 Å². The summed E-state index contributed by atoms with van der Waals surface area (Å²) in [5.41, 5.74) is 4.01. The van der Waals surface area contributed by atoms with Gasteiger partial charge in [0.2, 0.25) is 17.6 Å². The second-order valence-electron chi connectivity index (χ2n) is 19.4. The lowest BCUT2D eigenvalue weighted by atomic mass is 9.78. The summed E-state index contributed by atoms with van der Waals surface area (Å²) >= 11 is 0. The van der Waals surface area contributed by atoms with Gasteiger partial charge in [-0.05, 0) is 103 Å². The largest absolute Gasteiger partial charge is 0.458 e. The zero-order chi connectivity index (χ0) is 52.0. The van der Waals surface area contributed by atoms with Crippen LogP contribution in [0.5, 0.6) is 0 Å². The molecule has 4 fully saturated rings. The van der Waals surface area contributed by atoms with Gasteiger partial charge >= 0.3 is 5.97 Å². The number of aliphatic hydroxyl groups excluding tert-OH is 1. The number of esters is 1. The molecular weight excluding hydrogens is 901 g/mol. The number of fused-ring (bicyclic) bond motifs is 2. The lowest BCUT2D eigenvalue weighted by Crippen LogP contribution is -2.71. The standard InChI is InChI=1S/C47H76N8O14/c1-13-25(5)36(57)27(7)23-28(8)38-26(6)19-20-47(66,69-38)46(65,14-2)45(64)51-35-37(24(3)4)68-44(63)34(31(11)56)50-39(58)32-17-15-21-48-53(32)41(60)29(9)52(12)40(59)30(10)55(67)42(61)33-18-16-22-49-54(33)43(35)62/h13,23-24,26-27,29-35,37-38,48-49,56,65-67H,14-22H2,1-12H3,(H,50,58)(H,51,64)/b25-13+,28-23+/t26-,27-,29+,30-,31-,32?,33?,34?,35+,37-,38-,46+,47+/m0/s1. The number of carbonyl (C=O) groups excluding carboxylic acids is 8. The molecule has 22 heteroatoms. The Bertz CT molecular complexity index is 2010. The molecule has 0 bridgehead atoms. The number of likely N-dealkylation sites (N-methyl/N-ethyl adjacent to an activating group) is 1. The topological polar surface area (TPSA) is 297 Å². The fourth-order valence-corrected chi connectivity index (χ4v) is 9.32. The molecule has 8 N–H and O–H groups in total. The maximum Gasteiger partial charge on any atom is 0.331 e. The molecule has 69 heavy (non-hydrogen) atoms. The van der Waals surface area contributed by atoms with Crippen LogP contribution in [-0.4, -0.2) is 174 Å². The molecule has 0 spiro atoms. The van der Waals surface area contributed by atoms with Crippen molar-refractivity contribution in [3.8, 4) is 0 Å². The van der Waals surface area contributed by atoms with Gasteiger partial charge in [-0.3, -0.25) is 48.8 Å². The van der Waals surface area contributed by atoms with Crippen LogP contribution in [0.1, 0.15) is 121 Å². The number of allylic oxidation sites excluding steroid dienone is 3. The molecular formula is C47H76N8O14. The first-order chi connectivity index (χ1) is 32.2. The van der Waals surface area contributed by atoms with Gasteiger partial charge in [-0.25, -0.2) is 20.7 Å². The highest BCUT2D eigenvalue weighted by Gasteiger charge is 2.59. The number of rotatable bonds is 10. The normalized spacial score (nSPS) is 33.0. The van der Waals surface area contributed by atoms with Crippen molar-refractivity contribution in [3.05, 3.63) is 23.3 Å². The third-order valence-electron chi connectivity index (χ3n) is 14.1. The molecule has 0 radical (unpaired) electrons. The van der Waals surface area contributed by atoms with E-state index in [9.17, 15) is 54.1 Å². The Morgan fingerprint density at radius 2 is 1.48 bits per heavy atom. The molecule has 0 saturated carbocycles. The number of hydrazine groups is 2. The Kier molecular flexibility index (Phi) is 19.2. The zero-order valence-corrected chi connectivity index (χ0v) is 42.1. The van der Waals surface area contributed by atoms with Gasteiger partial charge in [0.1, 0.15) is 36.3 Å². The van der Waals surface area contributed by atoms with Crippen LogP contribution in [0, 0.1) is 17.8 Å². The number of ether oxygens (including phenoxy) is 2. The van der Waals surface area contributed by atoms with E-state index in [0.717, 1.165) is 14.9 Å². The first kappa shape index (κ1) is 56.7. The number of cyclic esters (lactones) is 1. The van der Waals surface area contributed by atoms with E-state index in [1.165, 1.54) is 48.6 Å². The number of ketones is 1. The van der Waals surface area contributed by atoms with Crippen molar-refractivity contribution in [2.24, 2.45) is 17.8 Å². The smallest absolute Gasteiger partial charge is 0.331 e. The molecule has 3 unspecified atom stereocenters. The molecule has 22 nitrogen and oxygen atoms in total. The fourth-order valence-electron chi connectivity index (χ4n) is 9.32. The Morgan fingerprint density at radius 3 is 2.03 bits per heavy atom. The Hall–Kier alpha value is -4.84. The average Bonchev–Trinajstić information content (AvgIpc) is 3.33. The van der Waals surface area contributed by atoms with Gasteiger partial charge in [0.15, 0.2) is 17.4 Å². The minimum atomic E-state index is -2.80. The van der Waals surface area contributed by atoms with E-state index in [0.29, 0.717) is 17.6 Å². The first-order valence-electron chi connectivity index (χ1n) is 24.1. The summed E-state index contributed by atoms with van der Waals surface area (Å²) < 4.78 is 12.3. The molecule has 4 aliphatic heterocycles. The molecule has 4 saturated heterocycles. The van der Waals surface area contributed by atoms with Crippen molar-refractivity contribution < 1.29 is 68.4 Å². The Balaban J connectivity index is 1.85. The van der Waals surface area contributed by atoms with E-state index in [1.807, 2.05) is 6.92 Å². The minimum absolute atomic E-state index is 0.0668. The van der Waals surface area contributed by atoms with Crippen LogP contribution in [0.4, 0.5) is 0 Å². The number of hydrogen-bond acceptors (Lipinski definition) is 16.